The first-order chi connectivity index (χ1) is 11.2. The largest absolute Gasteiger partial charge is 0.301 e. The molecule has 1 N–H and O–H groups in total. The lowest BCUT2D eigenvalue weighted by molar-refractivity contribution is -0.115. The number of aromatic nitrogens is 3. The smallest absolute Gasteiger partial charge is 0.239 e. The molecule has 0 aliphatic rings. The van der Waals surface area contributed by atoms with Gasteiger partial charge in [-0.05, 0) is 18.9 Å². The van der Waals surface area contributed by atoms with Gasteiger partial charge in [0.05, 0.1) is 5.25 Å². The van der Waals surface area contributed by atoms with Crippen LogP contribution in [0.5, 0.6) is 0 Å². The van der Waals surface area contributed by atoms with Crippen LogP contribution in [-0.4, -0.2) is 26.1 Å². The minimum Gasteiger partial charge on any atom is -0.301 e. The Hall–Kier alpha value is -1.51. The molecule has 23 heavy (non-hydrogen) atoms. The molecule has 0 aliphatic heterocycles. The van der Waals surface area contributed by atoms with Crippen molar-refractivity contribution in [1.29, 1.82) is 0 Å². The van der Waals surface area contributed by atoms with Gasteiger partial charge < -0.3 is 5.32 Å². The molecule has 0 saturated heterocycles. The maximum absolute atomic E-state index is 12.4. The summed E-state index contributed by atoms with van der Waals surface area (Å²) in [6, 6.07) is 2.13. The third kappa shape index (κ3) is 3.70. The summed E-state index contributed by atoms with van der Waals surface area (Å²) >= 11 is 4.60. The molecule has 0 aliphatic carbocycles. The first-order valence-electron chi connectivity index (χ1n) is 7.31. The van der Waals surface area contributed by atoms with Crippen molar-refractivity contribution in [3.63, 3.8) is 0 Å². The van der Waals surface area contributed by atoms with Gasteiger partial charge in [0.15, 0.2) is 5.13 Å². The number of thiophene rings is 1. The monoisotopic (exact) mass is 364 g/mol. The van der Waals surface area contributed by atoms with Crippen LogP contribution in [0.2, 0.25) is 0 Å². The van der Waals surface area contributed by atoms with Crippen LogP contribution in [-0.2, 0) is 11.2 Å². The van der Waals surface area contributed by atoms with Gasteiger partial charge in [-0.3, -0.25) is 4.79 Å². The Kier molecular flexibility index (Phi) is 5.24. The average molecular weight is 365 g/mol. The maximum atomic E-state index is 12.4. The zero-order valence-electron chi connectivity index (χ0n) is 12.8. The van der Waals surface area contributed by atoms with Gasteiger partial charge in [0, 0.05) is 21.8 Å². The lowest BCUT2D eigenvalue weighted by Crippen LogP contribution is -2.24. The van der Waals surface area contributed by atoms with Crippen LogP contribution in [0.15, 0.2) is 29.0 Å². The van der Waals surface area contributed by atoms with Gasteiger partial charge in [0.1, 0.15) is 16.2 Å². The van der Waals surface area contributed by atoms with Crippen molar-refractivity contribution in [2.45, 2.75) is 37.0 Å². The number of thioether (sulfide) groups is 1. The van der Waals surface area contributed by atoms with E-state index < -0.39 is 0 Å². The van der Waals surface area contributed by atoms with Crippen molar-refractivity contribution < 1.29 is 4.79 Å². The molecule has 120 valence electrons. The van der Waals surface area contributed by atoms with Crippen molar-refractivity contribution in [3.8, 4) is 0 Å². The number of fused-ring (bicyclic) bond motifs is 1. The fourth-order valence-electron chi connectivity index (χ4n) is 2.08. The Bertz CT molecular complexity index is 800. The van der Waals surface area contributed by atoms with Gasteiger partial charge in [-0.25, -0.2) is 15.0 Å². The summed E-state index contributed by atoms with van der Waals surface area (Å²) in [6.07, 6.45) is 4.96. The van der Waals surface area contributed by atoms with Crippen molar-refractivity contribution in [2.75, 3.05) is 5.32 Å². The Balaban J connectivity index is 1.81. The second-order valence-electron chi connectivity index (χ2n) is 4.81. The molecule has 8 heteroatoms. The highest BCUT2D eigenvalue weighted by Crippen LogP contribution is 2.34. The number of anilines is 1. The van der Waals surface area contributed by atoms with Crippen LogP contribution in [0.25, 0.3) is 10.2 Å². The van der Waals surface area contributed by atoms with Gasteiger partial charge in [-0.1, -0.05) is 25.6 Å². The van der Waals surface area contributed by atoms with E-state index in [4.69, 9.17) is 0 Å². The topological polar surface area (TPSA) is 67.8 Å². The molecule has 1 atom stereocenters. The molecule has 3 aromatic heterocycles. The van der Waals surface area contributed by atoms with Gasteiger partial charge in [-0.2, -0.15) is 0 Å². The van der Waals surface area contributed by atoms with Gasteiger partial charge in [0.2, 0.25) is 5.91 Å². The van der Waals surface area contributed by atoms with E-state index in [0.29, 0.717) is 5.13 Å². The van der Waals surface area contributed by atoms with Crippen molar-refractivity contribution in [2.24, 2.45) is 0 Å². The summed E-state index contributed by atoms with van der Waals surface area (Å²) in [6.45, 7) is 4.13. The molecule has 0 fully saturated rings. The van der Waals surface area contributed by atoms with E-state index in [-0.39, 0.29) is 11.2 Å². The predicted molar refractivity (Wildman–Crippen MR) is 97.5 cm³/mol. The summed E-state index contributed by atoms with van der Waals surface area (Å²) in [5.74, 6) is -0.0369. The van der Waals surface area contributed by atoms with Crippen molar-refractivity contribution in [1.82, 2.24) is 15.0 Å². The molecule has 1 amide bonds. The quantitative estimate of drug-likeness (QED) is 0.524. The summed E-state index contributed by atoms with van der Waals surface area (Å²) in [4.78, 5) is 27.5. The maximum Gasteiger partial charge on any atom is 0.239 e. The summed E-state index contributed by atoms with van der Waals surface area (Å²) in [5, 5.41) is 7.04. The Morgan fingerprint density at radius 2 is 2.22 bits per heavy atom. The van der Waals surface area contributed by atoms with Crippen molar-refractivity contribution >= 4 is 55.7 Å². The highest BCUT2D eigenvalue weighted by atomic mass is 32.2. The average Bonchev–Trinajstić information content (AvgIpc) is 3.21. The molecule has 3 heterocycles. The molecule has 0 radical (unpaired) electrons. The molecule has 1 unspecified atom stereocenters. The number of amides is 1. The number of thiazole rings is 1. The summed E-state index contributed by atoms with van der Waals surface area (Å²) < 4.78 is 0. The third-order valence-electron chi connectivity index (χ3n) is 3.27. The number of hydrogen-bond acceptors (Lipinski definition) is 7. The fourth-order valence-corrected chi connectivity index (χ4v) is 4.60. The van der Waals surface area contributed by atoms with E-state index in [9.17, 15) is 4.79 Å². The number of hydrogen-bond donors (Lipinski definition) is 1. The number of rotatable bonds is 6. The Morgan fingerprint density at radius 1 is 1.35 bits per heavy atom. The number of carbonyl (C=O) groups excluding carboxylic acids is 1. The molecule has 0 bridgehead atoms. The summed E-state index contributed by atoms with van der Waals surface area (Å²) in [7, 11) is 0. The summed E-state index contributed by atoms with van der Waals surface area (Å²) in [5.41, 5.74) is 0. The van der Waals surface area contributed by atoms with E-state index in [2.05, 4.69) is 33.3 Å². The molecule has 0 spiro atoms. The highest BCUT2D eigenvalue weighted by molar-refractivity contribution is 8.00. The number of aryl methyl sites for hydroxylation is 1. The van der Waals surface area contributed by atoms with E-state index >= 15 is 0 Å². The van der Waals surface area contributed by atoms with Crippen LogP contribution >= 0.6 is 34.4 Å². The molecule has 3 rings (SSSR count). The SMILES string of the molecule is CCc1cc2c(SC(CC)C(=O)Nc3nccs3)ncnc2s1. The number of nitrogens with one attached hydrogen (secondary N) is 1. The second kappa shape index (κ2) is 7.37. The zero-order valence-corrected chi connectivity index (χ0v) is 15.2. The normalized spacial score (nSPS) is 12.4. The molecule has 3 aromatic rings. The van der Waals surface area contributed by atoms with Gasteiger partial charge in [0.25, 0.3) is 0 Å². The van der Waals surface area contributed by atoms with Crippen molar-refractivity contribution in [3.05, 3.63) is 28.8 Å². The predicted octanol–water partition coefficient (Wildman–Crippen LogP) is 4.22. The van der Waals surface area contributed by atoms with E-state index in [1.165, 1.54) is 28.0 Å². The lowest BCUT2D eigenvalue weighted by Gasteiger charge is -2.13. The minimum absolute atomic E-state index is 0.0369. The zero-order chi connectivity index (χ0) is 16.2. The van der Waals surface area contributed by atoms with E-state index in [1.807, 2.05) is 12.3 Å². The van der Waals surface area contributed by atoms with Gasteiger partial charge >= 0.3 is 0 Å². The standard InChI is InChI=1S/C15H16N4OS3/c1-3-9-7-10-13(22-9)17-8-18-14(10)23-11(4-2)12(20)19-15-16-5-6-21-15/h5-8,11H,3-4H2,1-2H3,(H,16,19,20). The Labute approximate surface area is 146 Å². The Morgan fingerprint density at radius 3 is 2.91 bits per heavy atom. The molecule has 5 nitrogen and oxygen atoms in total. The minimum atomic E-state index is -0.207. The van der Waals surface area contributed by atoms with E-state index in [0.717, 1.165) is 28.1 Å². The lowest BCUT2D eigenvalue weighted by atomic mass is 10.3. The first kappa shape index (κ1) is 16.4. The molecular weight excluding hydrogens is 348 g/mol. The number of nitrogens with zero attached hydrogens (tertiary/aromatic N) is 3. The van der Waals surface area contributed by atoms with Gasteiger partial charge in [-0.15, -0.1) is 22.7 Å². The highest BCUT2D eigenvalue weighted by Gasteiger charge is 2.21. The van der Waals surface area contributed by atoms with Crippen LogP contribution in [0.1, 0.15) is 25.1 Å². The van der Waals surface area contributed by atoms with Crippen LogP contribution < -0.4 is 5.32 Å². The third-order valence-corrected chi connectivity index (χ3v) is 6.53. The molecule has 0 saturated carbocycles. The number of carbonyl (C=O) groups is 1. The van der Waals surface area contributed by atoms with Crippen LogP contribution in [0.3, 0.4) is 0 Å². The van der Waals surface area contributed by atoms with Crippen LogP contribution in [0.4, 0.5) is 5.13 Å². The second-order valence-corrected chi connectivity index (χ2v) is 8.01. The van der Waals surface area contributed by atoms with E-state index in [1.54, 1.807) is 23.9 Å². The molecular formula is C15H16N4OS3. The van der Waals surface area contributed by atoms with Crippen LogP contribution in [0, 0.1) is 0 Å². The fraction of sp³-hybridized carbons (Fsp3) is 0.333. The first-order valence-corrected chi connectivity index (χ1v) is 9.89. The molecule has 0 aromatic carbocycles.